The fourth-order valence-electron chi connectivity index (χ4n) is 1.52. The summed E-state index contributed by atoms with van der Waals surface area (Å²) < 4.78 is 1.70. The summed E-state index contributed by atoms with van der Waals surface area (Å²) in [7, 11) is 0. The standard InChI is InChI=1S/C12H15ClN4/c1-3-14-7-10-4-5-15-12(6-10)17-8-11(13)9(2)16-17/h4-6,8,14H,3,7H2,1-2H3. The Bertz CT molecular complexity index is 487. The summed E-state index contributed by atoms with van der Waals surface area (Å²) in [6, 6.07) is 4.00. The number of nitrogens with zero attached hydrogens (tertiary/aromatic N) is 3. The number of rotatable bonds is 4. The Morgan fingerprint density at radius 2 is 2.29 bits per heavy atom. The highest BCUT2D eigenvalue weighted by molar-refractivity contribution is 6.31. The van der Waals surface area contributed by atoms with Crippen LogP contribution in [0.5, 0.6) is 0 Å². The zero-order valence-electron chi connectivity index (χ0n) is 9.94. The maximum atomic E-state index is 5.98. The first-order chi connectivity index (χ1) is 8.20. The summed E-state index contributed by atoms with van der Waals surface area (Å²) in [5, 5.41) is 8.24. The third-order valence-electron chi connectivity index (χ3n) is 2.46. The molecule has 1 N–H and O–H groups in total. The molecule has 0 radical (unpaired) electrons. The number of hydrogen-bond acceptors (Lipinski definition) is 3. The lowest BCUT2D eigenvalue weighted by molar-refractivity contribution is 0.723. The Hall–Kier alpha value is -1.39. The molecule has 0 aliphatic heterocycles. The van der Waals surface area contributed by atoms with Gasteiger partial charge in [0, 0.05) is 12.7 Å². The summed E-state index contributed by atoms with van der Waals surface area (Å²) in [5.74, 6) is 0.787. The average molecular weight is 251 g/mol. The van der Waals surface area contributed by atoms with E-state index in [1.54, 1.807) is 17.1 Å². The lowest BCUT2D eigenvalue weighted by Gasteiger charge is -2.04. The van der Waals surface area contributed by atoms with E-state index in [2.05, 4.69) is 22.3 Å². The van der Waals surface area contributed by atoms with E-state index in [1.807, 2.05) is 19.1 Å². The maximum Gasteiger partial charge on any atom is 0.153 e. The van der Waals surface area contributed by atoms with Crippen LogP contribution < -0.4 is 5.32 Å². The van der Waals surface area contributed by atoms with Crippen LogP contribution >= 0.6 is 11.6 Å². The van der Waals surface area contributed by atoms with Gasteiger partial charge < -0.3 is 5.32 Å². The van der Waals surface area contributed by atoms with Gasteiger partial charge in [-0.2, -0.15) is 5.10 Å². The SMILES string of the molecule is CCNCc1ccnc(-n2cc(Cl)c(C)n2)c1. The molecule has 0 saturated carbocycles. The van der Waals surface area contributed by atoms with Gasteiger partial charge in [-0.15, -0.1) is 0 Å². The van der Waals surface area contributed by atoms with E-state index < -0.39 is 0 Å². The number of hydrogen-bond donors (Lipinski definition) is 1. The first kappa shape index (κ1) is 12.1. The van der Waals surface area contributed by atoms with Crippen LogP contribution in [-0.4, -0.2) is 21.3 Å². The Morgan fingerprint density at radius 1 is 1.47 bits per heavy atom. The number of pyridine rings is 1. The van der Waals surface area contributed by atoms with Crippen molar-refractivity contribution in [3.8, 4) is 5.82 Å². The molecule has 0 aliphatic rings. The quantitative estimate of drug-likeness (QED) is 0.906. The smallest absolute Gasteiger partial charge is 0.153 e. The second-order valence-electron chi connectivity index (χ2n) is 3.81. The van der Waals surface area contributed by atoms with Crippen LogP contribution in [0.4, 0.5) is 0 Å². The molecule has 0 fully saturated rings. The van der Waals surface area contributed by atoms with E-state index in [1.165, 1.54) is 5.56 Å². The largest absolute Gasteiger partial charge is 0.313 e. The molecule has 2 aromatic heterocycles. The first-order valence-corrected chi connectivity index (χ1v) is 5.96. The summed E-state index contributed by atoms with van der Waals surface area (Å²) in [4.78, 5) is 4.29. The Balaban J connectivity index is 2.26. The molecule has 2 heterocycles. The normalized spacial score (nSPS) is 10.8. The summed E-state index contributed by atoms with van der Waals surface area (Å²) in [5.41, 5.74) is 1.99. The molecule has 2 aromatic rings. The van der Waals surface area contributed by atoms with Crippen LogP contribution in [0.2, 0.25) is 5.02 Å². The fraction of sp³-hybridized carbons (Fsp3) is 0.333. The topological polar surface area (TPSA) is 42.7 Å². The lowest BCUT2D eigenvalue weighted by atomic mass is 10.2. The van der Waals surface area contributed by atoms with Crippen molar-refractivity contribution in [2.75, 3.05) is 6.54 Å². The van der Waals surface area contributed by atoms with Crippen molar-refractivity contribution in [3.05, 3.63) is 40.8 Å². The van der Waals surface area contributed by atoms with Gasteiger partial charge in [0.2, 0.25) is 0 Å². The summed E-state index contributed by atoms with van der Waals surface area (Å²) in [6.07, 6.45) is 3.56. The van der Waals surface area contributed by atoms with Crippen molar-refractivity contribution < 1.29 is 0 Å². The van der Waals surface area contributed by atoms with Crippen LogP contribution in [0, 0.1) is 6.92 Å². The van der Waals surface area contributed by atoms with E-state index in [4.69, 9.17) is 11.6 Å². The molecule has 5 heteroatoms. The monoisotopic (exact) mass is 250 g/mol. The molecule has 90 valence electrons. The molecule has 2 rings (SSSR count). The lowest BCUT2D eigenvalue weighted by Crippen LogP contribution is -2.12. The molecule has 17 heavy (non-hydrogen) atoms. The summed E-state index contributed by atoms with van der Waals surface area (Å²) in [6.45, 7) is 5.74. The number of aryl methyl sites for hydroxylation is 1. The van der Waals surface area contributed by atoms with E-state index in [9.17, 15) is 0 Å². The highest BCUT2D eigenvalue weighted by Gasteiger charge is 2.05. The van der Waals surface area contributed by atoms with Crippen molar-refractivity contribution in [2.45, 2.75) is 20.4 Å². The second kappa shape index (κ2) is 5.29. The average Bonchev–Trinajstić information content (AvgIpc) is 2.68. The summed E-state index contributed by atoms with van der Waals surface area (Å²) >= 11 is 5.98. The van der Waals surface area contributed by atoms with Gasteiger partial charge in [0.1, 0.15) is 0 Å². The van der Waals surface area contributed by atoms with E-state index in [0.29, 0.717) is 5.02 Å². The van der Waals surface area contributed by atoms with E-state index in [-0.39, 0.29) is 0 Å². The molecular weight excluding hydrogens is 236 g/mol. The van der Waals surface area contributed by atoms with Crippen molar-refractivity contribution in [2.24, 2.45) is 0 Å². The number of aromatic nitrogens is 3. The minimum Gasteiger partial charge on any atom is -0.313 e. The van der Waals surface area contributed by atoms with Gasteiger partial charge >= 0.3 is 0 Å². The molecule has 0 amide bonds. The van der Waals surface area contributed by atoms with Crippen LogP contribution in [0.25, 0.3) is 5.82 Å². The molecule has 0 spiro atoms. The third-order valence-corrected chi connectivity index (χ3v) is 2.83. The van der Waals surface area contributed by atoms with Crippen molar-refractivity contribution in [3.63, 3.8) is 0 Å². The van der Waals surface area contributed by atoms with Crippen LogP contribution in [0.1, 0.15) is 18.2 Å². The van der Waals surface area contributed by atoms with Gasteiger partial charge in [-0.25, -0.2) is 9.67 Å². The van der Waals surface area contributed by atoms with Crippen molar-refractivity contribution in [1.82, 2.24) is 20.1 Å². The minimum atomic E-state index is 0.656. The molecule has 0 atom stereocenters. The molecule has 0 saturated heterocycles. The van der Waals surface area contributed by atoms with Gasteiger partial charge in [0.05, 0.1) is 16.9 Å². The Labute approximate surface area is 106 Å². The maximum absolute atomic E-state index is 5.98. The van der Waals surface area contributed by atoms with E-state index in [0.717, 1.165) is 24.6 Å². The van der Waals surface area contributed by atoms with Crippen LogP contribution in [0.15, 0.2) is 24.5 Å². The fourth-order valence-corrected chi connectivity index (χ4v) is 1.65. The zero-order chi connectivity index (χ0) is 12.3. The highest BCUT2D eigenvalue weighted by atomic mass is 35.5. The van der Waals surface area contributed by atoms with E-state index >= 15 is 0 Å². The van der Waals surface area contributed by atoms with Crippen LogP contribution in [0.3, 0.4) is 0 Å². The molecule has 0 aliphatic carbocycles. The van der Waals surface area contributed by atoms with Gasteiger partial charge in [0.15, 0.2) is 5.82 Å². The van der Waals surface area contributed by atoms with Gasteiger partial charge in [-0.3, -0.25) is 0 Å². The van der Waals surface area contributed by atoms with Gasteiger partial charge in [-0.1, -0.05) is 18.5 Å². The van der Waals surface area contributed by atoms with Gasteiger partial charge in [-0.05, 0) is 31.2 Å². The molecule has 0 unspecified atom stereocenters. The number of nitrogens with one attached hydrogen (secondary N) is 1. The van der Waals surface area contributed by atoms with Crippen molar-refractivity contribution >= 4 is 11.6 Å². The predicted octanol–water partition coefficient (Wildman–Crippen LogP) is 2.34. The molecule has 4 nitrogen and oxygen atoms in total. The van der Waals surface area contributed by atoms with Crippen molar-refractivity contribution in [1.29, 1.82) is 0 Å². The predicted molar refractivity (Wildman–Crippen MR) is 68.5 cm³/mol. The Morgan fingerprint density at radius 3 is 2.94 bits per heavy atom. The molecule has 0 aromatic carbocycles. The zero-order valence-corrected chi connectivity index (χ0v) is 10.7. The highest BCUT2D eigenvalue weighted by Crippen LogP contribution is 2.15. The second-order valence-corrected chi connectivity index (χ2v) is 4.22. The minimum absolute atomic E-state index is 0.656. The molecular formula is C12H15ClN4. The molecule has 0 bridgehead atoms. The Kier molecular flexibility index (Phi) is 3.76. The third kappa shape index (κ3) is 2.84. The van der Waals surface area contributed by atoms with Crippen LogP contribution in [-0.2, 0) is 6.54 Å². The first-order valence-electron chi connectivity index (χ1n) is 5.58. The number of halogens is 1. The van der Waals surface area contributed by atoms with Gasteiger partial charge in [0.25, 0.3) is 0 Å².